The molecule has 2 atom stereocenters. The van der Waals surface area contributed by atoms with E-state index in [1.807, 2.05) is 6.92 Å². The fraction of sp³-hybridized carbons (Fsp3) is 0.381. The number of sulfonamides is 1. The van der Waals surface area contributed by atoms with Gasteiger partial charge in [0, 0.05) is 18.8 Å². The van der Waals surface area contributed by atoms with Crippen molar-refractivity contribution in [3.63, 3.8) is 0 Å². The van der Waals surface area contributed by atoms with Gasteiger partial charge in [-0.2, -0.15) is 0 Å². The summed E-state index contributed by atoms with van der Waals surface area (Å²) in [6, 6.07) is 10.1. The van der Waals surface area contributed by atoms with Crippen molar-refractivity contribution < 1.29 is 32.2 Å². The van der Waals surface area contributed by atoms with Crippen LogP contribution < -0.4 is 4.72 Å². The molecule has 1 aliphatic rings. The van der Waals surface area contributed by atoms with Crippen LogP contribution in [-0.2, 0) is 24.3 Å². The van der Waals surface area contributed by atoms with E-state index in [4.69, 9.17) is 9.47 Å². The highest BCUT2D eigenvalue weighted by atomic mass is 32.2. The number of aliphatic hydroxyl groups is 1. The zero-order valence-electron chi connectivity index (χ0n) is 17.0. The van der Waals surface area contributed by atoms with Gasteiger partial charge in [0.2, 0.25) is 5.91 Å². The Morgan fingerprint density at radius 1 is 1.23 bits per heavy atom. The molecule has 3 rings (SSSR count). The Bertz CT molecular complexity index is 982. The number of ether oxygens (including phenoxy) is 2. The number of amides is 1. The molecule has 0 bridgehead atoms. The second-order valence-electron chi connectivity index (χ2n) is 6.99. The van der Waals surface area contributed by atoms with Crippen LogP contribution in [0.1, 0.15) is 18.6 Å². The lowest BCUT2D eigenvalue weighted by Crippen LogP contribution is -2.53. The van der Waals surface area contributed by atoms with Gasteiger partial charge in [-0.15, -0.1) is 0 Å². The number of carbonyl (C=O) groups excluding carboxylic acids is 1. The maximum absolute atomic E-state index is 13.0. The van der Waals surface area contributed by atoms with Gasteiger partial charge in [-0.25, -0.2) is 12.8 Å². The number of hydrogen-bond acceptors (Lipinski definition) is 6. The second kappa shape index (κ2) is 10.2. The van der Waals surface area contributed by atoms with Crippen LogP contribution in [0.5, 0.6) is 0 Å². The molecule has 0 aromatic heterocycles. The molecular weight excluding hydrogens is 427 g/mol. The predicted octanol–water partition coefficient (Wildman–Crippen LogP) is 1.92. The zero-order valence-corrected chi connectivity index (χ0v) is 17.8. The Kier molecular flexibility index (Phi) is 7.60. The molecule has 2 unspecified atom stereocenters. The summed E-state index contributed by atoms with van der Waals surface area (Å²) < 4.78 is 50.9. The first-order chi connectivity index (χ1) is 14.8. The van der Waals surface area contributed by atoms with Gasteiger partial charge in [-0.1, -0.05) is 12.1 Å². The fourth-order valence-corrected chi connectivity index (χ4v) is 4.34. The van der Waals surface area contributed by atoms with Crippen molar-refractivity contribution in [1.82, 2.24) is 4.90 Å². The van der Waals surface area contributed by atoms with Gasteiger partial charge >= 0.3 is 0 Å². The zero-order chi connectivity index (χ0) is 22.4. The number of nitrogens with zero attached hydrogens (tertiary/aromatic N) is 1. The van der Waals surface area contributed by atoms with Crippen molar-refractivity contribution in [3.05, 3.63) is 59.9 Å². The van der Waals surface area contributed by atoms with E-state index >= 15 is 0 Å². The van der Waals surface area contributed by atoms with Crippen LogP contribution >= 0.6 is 0 Å². The Morgan fingerprint density at radius 2 is 1.90 bits per heavy atom. The maximum atomic E-state index is 13.0. The average Bonchev–Trinajstić information content (AvgIpc) is 2.75. The van der Waals surface area contributed by atoms with Gasteiger partial charge in [0.05, 0.1) is 24.2 Å². The van der Waals surface area contributed by atoms with Gasteiger partial charge in [-0.05, 0) is 48.9 Å². The van der Waals surface area contributed by atoms with E-state index in [0.717, 1.165) is 12.1 Å². The summed E-state index contributed by atoms with van der Waals surface area (Å²) in [5.41, 5.74) is 0.791. The fourth-order valence-electron chi connectivity index (χ4n) is 3.28. The average molecular weight is 453 g/mol. The minimum atomic E-state index is -3.88. The van der Waals surface area contributed by atoms with Crippen molar-refractivity contribution >= 4 is 21.6 Å². The van der Waals surface area contributed by atoms with Crippen LogP contribution in [-0.4, -0.2) is 63.3 Å². The normalized spacial score (nSPS) is 18.1. The monoisotopic (exact) mass is 452 g/mol. The minimum absolute atomic E-state index is 0.0422. The molecule has 0 spiro atoms. The second-order valence-corrected chi connectivity index (χ2v) is 8.68. The third kappa shape index (κ3) is 5.79. The number of halogens is 1. The maximum Gasteiger partial charge on any atom is 0.261 e. The lowest BCUT2D eigenvalue weighted by atomic mass is 10.00. The van der Waals surface area contributed by atoms with Gasteiger partial charge in [0.15, 0.2) is 0 Å². The molecule has 2 N–H and O–H groups in total. The molecule has 1 amide bonds. The minimum Gasteiger partial charge on any atom is -0.386 e. The number of carbonyl (C=O) groups is 1. The van der Waals surface area contributed by atoms with E-state index < -0.39 is 28.0 Å². The van der Waals surface area contributed by atoms with E-state index in [9.17, 15) is 22.7 Å². The largest absolute Gasteiger partial charge is 0.386 e. The smallest absolute Gasteiger partial charge is 0.261 e. The quantitative estimate of drug-likeness (QED) is 0.564. The van der Waals surface area contributed by atoms with Crippen molar-refractivity contribution in [2.75, 3.05) is 37.7 Å². The molecule has 1 aliphatic heterocycles. The van der Waals surface area contributed by atoms with Gasteiger partial charge < -0.3 is 19.5 Å². The molecule has 1 saturated heterocycles. The molecule has 8 nitrogen and oxygen atoms in total. The SMILES string of the molecule is CCOCCN1C(=O)COCC1C(O)c1ccc(NS(=O)(=O)c2ccc(F)cc2)cc1. The summed E-state index contributed by atoms with van der Waals surface area (Å²) in [5.74, 6) is -0.753. The Balaban J connectivity index is 1.70. The number of morpholine rings is 1. The predicted molar refractivity (Wildman–Crippen MR) is 111 cm³/mol. The van der Waals surface area contributed by atoms with Crippen LogP contribution in [0, 0.1) is 5.82 Å². The highest BCUT2D eigenvalue weighted by molar-refractivity contribution is 7.92. The number of benzene rings is 2. The van der Waals surface area contributed by atoms with Crippen molar-refractivity contribution in [2.24, 2.45) is 0 Å². The van der Waals surface area contributed by atoms with Crippen LogP contribution in [0.2, 0.25) is 0 Å². The molecule has 31 heavy (non-hydrogen) atoms. The topological polar surface area (TPSA) is 105 Å². The standard InChI is InChI=1S/C21H25FN2O6S/c1-2-29-12-11-24-19(13-30-14-20(24)25)21(26)15-3-7-17(8-4-15)23-31(27,28)18-9-5-16(22)6-10-18/h3-10,19,21,23,26H,2,11-14H2,1H3. The summed E-state index contributed by atoms with van der Waals surface area (Å²) in [6.45, 7) is 3.22. The van der Waals surface area contributed by atoms with Gasteiger partial charge in [0.25, 0.3) is 10.0 Å². The molecule has 1 fully saturated rings. The van der Waals surface area contributed by atoms with Crippen LogP contribution in [0.3, 0.4) is 0 Å². The number of rotatable bonds is 9. The first-order valence-electron chi connectivity index (χ1n) is 9.83. The number of nitrogens with one attached hydrogen (secondary N) is 1. The molecule has 10 heteroatoms. The van der Waals surface area contributed by atoms with Crippen molar-refractivity contribution in [3.8, 4) is 0 Å². The third-order valence-corrected chi connectivity index (χ3v) is 6.31. The highest BCUT2D eigenvalue weighted by Crippen LogP contribution is 2.26. The molecule has 2 aromatic carbocycles. The highest BCUT2D eigenvalue weighted by Gasteiger charge is 2.34. The van der Waals surface area contributed by atoms with Crippen molar-refractivity contribution in [2.45, 2.75) is 24.0 Å². The Morgan fingerprint density at radius 3 is 2.55 bits per heavy atom. The van der Waals surface area contributed by atoms with E-state index in [2.05, 4.69) is 4.72 Å². The number of anilines is 1. The molecule has 0 aliphatic carbocycles. The molecule has 1 heterocycles. The lowest BCUT2D eigenvalue weighted by Gasteiger charge is -2.38. The summed E-state index contributed by atoms with van der Waals surface area (Å²) in [6.07, 6.45) is -1.02. The van der Waals surface area contributed by atoms with Crippen LogP contribution in [0.25, 0.3) is 0 Å². The lowest BCUT2D eigenvalue weighted by molar-refractivity contribution is -0.155. The summed E-state index contributed by atoms with van der Waals surface area (Å²) in [5, 5.41) is 10.8. The first-order valence-corrected chi connectivity index (χ1v) is 11.3. The summed E-state index contributed by atoms with van der Waals surface area (Å²) >= 11 is 0. The van der Waals surface area contributed by atoms with Crippen LogP contribution in [0.15, 0.2) is 53.4 Å². The van der Waals surface area contributed by atoms with E-state index in [-0.39, 0.29) is 29.7 Å². The van der Waals surface area contributed by atoms with Crippen molar-refractivity contribution in [1.29, 1.82) is 0 Å². The van der Waals surface area contributed by atoms with E-state index in [1.54, 1.807) is 17.0 Å². The Labute approximate surface area is 180 Å². The number of aliphatic hydroxyl groups excluding tert-OH is 1. The number of hydrogen-bond donors (Lipinski definition) is 2. The third-order valence-electron chi connectivity index (χ3n) is 4.91. The molecule has 0 saturated carbocycles. The summed E-state index contributed by atoms with van der Waals surface area (Å²) in [7, 11) is -3.88. The van der Waals surface area contributed by atoms with E-state index in [1.165, 1.54) is 24.3 Å². The molecule has 0 radical (unpaired) electrons. The Hall–Kier alpha value is -2.53. The van der Waals surface area contributed by atoms with Crippen LogP contribution in [0.4, 0.5) is 10.1 Å². The summed E-state index contributed by atoms with van der Waals surface area (Å²) in [4.78, 5) is 13.7. The molecule has 2 aromatic rings. The van der Waals surface area contributed by atoms with Gasteiger partial charge in [0.1, 0.15) is 18.5 Å². The molecular formula is C21H25FN2O6S. The van der Waals surface area contributed by atoms with Gasteiger partial charge in [-0.3, -0.25) is 9.52 Å². The molecule has 168 valence electrons. The first kappa shape index (κ1) is 23.1. The van der Waals surface area contributed by atoms with E-state index in [0.29, 0.717) is 25.3 Å².